The molecule has 18 heavy (non-hydrogen) atoms. The van der Waals surface area contributed by atoms with E-state index in [9.17, 15) is 4.79 Å². The molecule has 4 nitrogen and oxygen atoms in total. The lowest BCUT2D eigenvalue weighted by Gasteiger charge is -2.08. The van der Waals surface area contributed by atoms with E-state index in [2.05, 4.69) is 15.3 Å². The summed E-state index contributed by atoms with van der Waals surface area (Å²) in [6.07, 6.45) is 0.855. The van der Waals surface area contributed by atoms with E-state index in [1.54, 1.807) is 12.1 Å². The van der Waals surface area contributed by atoms with Crippen LogP contribution in [0.4, 0.5) is 0 Å². The zero-order chi connectivity index (χ0) is 13.3. The van der Waals surface area contributed by atoms with Gasteiger partial charge in [0.25, 0.3) is 5.91 Å². The topological polar surface area (TPSA) is 57.8 Å². The quantitative estimate of drug-likeness (QED) is 0.908. The minimum atomic E-state index is -0.257. The maximum atomic E-state index is 11.9. The molecule has 0 aliphatic heterocycles. The molecule has 1 aromatic heterocycles. The molecule has 2 aromatic rings. The largest absolute Gasteiger partial charge is 0.347 e. The average Bonchev–Trinajstić information content (AvgIpc) is 2.80. The van der Waals surface area contributed by atoms with Crippen LogP contribution in [-0.2, 0) is 0 Å². The number of carbonyl (C=O) groups is 1. The molecule has 96 valence electrons. The number of halogens is 2. The molecular formula is C12H13Cl2N3O. The van der Waals surface area contributed by atoms with Gasteiger partial charge in [0, 0.05) is 6.04 Å². The Kier molecular flexibility index (Phi) is 3.78. The van der Waals surface area contributed by atoms with Gasteiger partial charge in [0.1, 0.15) is 5.52 Å². The Bertz CT molecular complexity index is 555. The van der Waals surface area contributed by atoms with Crippen LogP contribution < -0.4 is 5.32 Å². The zero-order valence-electron chi connectivity index (χ0n) is 10.1. The van der Waals surface area contributed by atoms with Gasteiger partial charge < -0.3 is 10.3 Å². The monoisotopic (exact) mass is 285 g/mol. The van der Waals surface area contributed by atoms with Crippen molar-refractivity contribution in [3.05, 3.63) is 28.0 Å². The van der Waals surface area contributed by atoms with Crippen molar-refractivity contribution in [3.8, 4) is 0 Å². The van der Waals surface area contributed by atoms with Gasteiger partial charge in [0.05, 0.1) is 15.6 Å². The molecule has 1 unspecified atom stereocenters. The second-order valence-corrected chi connectivity index (χ2v) is 4.94. The van der Waals surface area contributed by atoms with Crippen LogP contribution in [0.3, 0.4) is 0 Å². The Balaban J connectivity index is 2.38. The first kappa shape index (κ1) is 13.2. The first-order valence-electron chi connectivity index (χ1n) is 5.67. The lowest BCUT2D eigenvalue weighted by atomic mass is 10.2. The number of H-pyrrole nitrogens is 1. The van der Waals surface area contributed by atoms with Gasteiger partial charge in [-0.1, -0.05) is 30.1 Å². The van der Waals surface area contributed by atoms with E-state index in [0.717, 1.165) is 6.42 Å². The highest BCUT2D eigenvalue weighted by Gasteiger charge is 2.16. The van der Waals surface area contributed by atoms with Crippen molar-refractivity contribution in [2.24, 2.45) is 0 Å². The van der Waals surface area contributed by atoms with Gasteiger partial charge in [-0.15, -0.1) is 0 Å². The van der Waals surface area contributed by atoms with Gasteiger partial charge in [-0.25, -0.2) is 4.98 Å². The summed E-state index contributed by atoms with van der Waals surface area (Å²) in [5, 5.41) is 3.78. The summed E-state index contributed by atoms with van der Waals surface area (Å²) in [6.45, 7) is 3.93. The fourth-order valence-electron chi connectivity index (χ4n) is 1.53. The number of aromatic amines is 1. The third kappa shape index (κ3) is 2.44. The molecule has 0 fully saturated rings. The fraction of sp³-hybridized carbons (Fsp3) is 0.333. The lowest BCUT2D eigenvalue weighted by molar-refractivity contribution is 0.0930. The summed E-state index contributed by atoms with van der Waals surface area (Å²) in [6, 6.07) is 3.42. The summed E-state index contributed by atoms with van der Waals surface area (Å²) in [7, 11) is 0. The molecule has 0 saturated heterocycles. The molecule has 0 bridgehead atoms. The molecule has 0 radical (unpaired) electrons. The molecule has 1 amide bonds. The molecule has 2 N–H and O–H groups in total. The van der Waals surface area contributed by atoms with E-state index in [-0.39, 0.29) is 17.8 Å². The number of carbonyl (C=O) groups excluding carboxylic acids is 1. The molecule has 0 spiro atoms. The van der Waals surface area contributed by atoms with Crippen molar-refractivity contribution in [1.29, 1.82) is 0 Å². The molecule has 2 rings (SSSR count). The summed E-state index contributed by atoms with van der Waals surface area (Å²) in [4.78, 5) is 19.0. The highest BCUT2D eigenvalue weighted by atomic mass is 35.5. The molecule has 1 atom stereocenters. The average molecular weight is 286 g/mol. The predicted molar refractivity (Wildman–Crippen MR) is 73.3 cm³/mol. The zero-order valence-corrected chi connectivity index (χ0v) is 11.6. The van der Waals surface area contributed by atoms with E-state index in [0.29, 0.717) is 21.1 Å². The molecule has 6 heteroatoms. The van der Waals surface area contributed by atoms with Crippen LogP contribution >= 0.6 is 23.2 Å². The minimum Gasteiger partial charge on any atom is -0.347 e. The molecular weight excluding hydrogens is 273 g/mol. The molecule has 1 heterocycles. The number of imidazole rings is 1. The third-order valence-corrected chi connectivity index (χ3v) is 3.37. The van der Waals surface area contributed by atoms with Crippen molar-refractivity contribution in [1.82, 2.24) is 15.3 Å². The van der Waals surface area contributed by atoms with Crippen molar-refractivity contribution in [2.45, 2.75) is 26.3 Å². The van der Waals surface area contributed by atoms with E-state index >= 15 is 0 Å². The van der Waals surface area contributed by atoms with Crippen molar-refractivity contribution >= 4 is 40.1 Å². The van der Waals surface area contributed by atoms with E-state index < -0.39 is 0 Å². The number of aromatic nitrogens is 2. The van der Waals surface area contributed by atoms with Gasteiger partial charge in [-0.05, 0) is 25.5 Å². The van der Waals surface area contributed by atoms with Gasteiger partial charge in [-0.2, -0.15) is 0 Å². The van der Waals surface area contributed by atoms with Gasteiger partial charge in [0.2, 0.25) is 0 Å². The number of rotatable bonds is 3. The molecule has 0 saturated carbocycles. The summed E-state index contributed by atoms with van der Waals surface area (Å²) in [5.74, 6) is -0.0343. The molecule has 0 aliphatic rings. The Hall–Kier alpha value is -1.26. The van der Waals surface area contributed by atoms with Crippen molar-refractivity contribution in [2.75, 3.05) is 0 Å². The minimum absolute atomic E-state index is 0.0941. The maximum absolute atomic E-state index is 11.9. The van der Waals surface area contributed by atoms with Crippen LogP contribution in [0, 0.1) is 0 Å². The smallest absolute Gasteiger partial charge is 0.287 e. The summed E-state index contributed by atoms with van der Waals surface area (Å²) >= 11 is 12.0. The maximum Gasteiger partial charge on any atom is 0.287 e. The molecule has 0 aliphatic carbocycles. The Morgan fingerprint density at radius 2 is 2.11 bits per heavy atom. The third-order valence-electron chi connectivity index (χ3n) is 2.75. The number of nitrogens with zero attached hydrogens (tertiary/aromatic N) is 1. The van der Waals surface area contributed by atoms with Gasteiger partial charge in [0.15, 0.2) is 5.82 Å². The Morgan fingerprint density at radius 3 is 2.72 bits per heavy atom. The van der Waals surface area contributed by atoms with E-state index in [1.165, 1.54) is 0 Å². The number of fused-ring (bicyclic) bond motifs is 1. The highest BCUT2D eigenvalue weighted by Crippen LogP contribution is 2.27. The summed E-state index contributed by atoms with van der Waals surface area (Å²) in [5.41, 5.74) is 1.09. The Labute approximate surface area is 115 Å². The normalized spacial score (nSPS) is 12.7. The van der Waals surface area contributed by atoms with E-state index in [4.69, 9.17) is 23.2 Å². The number of nitrogens with one attached hydrogen (secondary N) is 2. The van der Waals surface area contributed by atoms with Gasteiger partial charge >= 0.3 is 0 Å². The predicted octanol–water partition coefficient (Wildman–Crippen LogP) is 3.40. The van der Waals surface area contributed by atoms with Crippen LogP contribution in [0.25, 0.3) is 11.0 Å². The van der Waals surface area contributed by atoms with Crippen LogP contribution in [-0.4, -0.2) is 21.9 Å². The second-order valence-electron chi connectivity index (χ2n) is 4.12. The van der Waals surface area contributed by atoms with Crippen LogP contribution in [0.1, 0.15) is 30.9 Å². The van der Waals surface area contributed by atoms with E-state index in [1.807, 2.05) is 13.8 Å². The number of benzene rings is 1. The van der Waals surface area contributed by atoms with Crippen LogP contribution in [0.5, 0.6) is 0 Å². The SMILES string of the molecule is CCC(C)NC(=O)c1nc2c(Cl)ccc(Cl)c2[nH]1. The van der Waals surface area contributed by atoms with Crippen molar-refractivity contribution < 1.29 is 4.79 Å². The standard InChI is InChI=1S/C12H13Cl2N3O/c1-3-6(2)15-12(18)11-16-9-7(13)4-5-8(14)10(9)17-11/h4-6H,3H2,1-2H3,(H,15,18)(H,16,17). The van der Waals surface area contributed by atoms with Gasteiger partial charge in [-0.3, -0.25) is 4.79 Å². The molecule has 1 aromatic carbocycles. The first-order valence-corrected chi connectivity index (χ1v) is 6.43. The lowest BCUT2D eigenvalue weighted by Crippen LogP contribution is -2.32. The van der Waals surface area contributed by atoms with Crippen molar-refractivity contribution in [3.63, 3.8) is 0 Å². The number of amides is 1. The summed E-state index contributed by atoms with van der Waals surface area (Å²) < 4.78 is 0. The number of hydrogen-bond donors (Lipinski definition) is 2. The number of hydrogen-bond acceptors (Lipinski definition) is 2. The second kappa shape index (κ2) is 5.16. The first-order chi connectivity index (χ1) is 8.52. The van der Waals surface area contributed by atoms with Crippen LogP contribution in [0.15, 0.2) is 12.1 Å². The fourth-order valence-corrected chi connectivity index (χ4v) is 1.93. The van der Waals surface area contributed by atoms with Crippen LogP contribution in [0.2, 0.25) is 10.0 Å². The highest BCUT2D eigenvalue weighted by molar-refractivity contribution is 6.39. The Morgan fingerprint density at radius 1 is 1.44 bits per heavy atom.